The SMILES string of the molecule is COc1ccc(C2=N[C@@H](c3ccc(Cl)cc3Cl)N[C@H](c3cc(Cl)ccc3O)C2)cc1. The Labute approximate surface area is 190 Å². The average molecular weight is 462 g/mol. The first-order valence-corrected chi connectivity index (χ1v) is 10.5. The summed E-state index contributed by atoms with van der Waals surface area (Å²) in [6.45, 7) is 0. The van der Waals surface area contributed by atoms with Crippen molar-refractivity contribution in [2.24, 2.45) is 4.99 Å². The fourth-order valence-electron chi connectivity index (χ4n) is 3.55. The standard InChI is InChI=1S/C23H19Cl3N2O2/c1-30-16-6-2-13(3-7-16)20-12-21(18-10-14(24)5-9-22(18)29)28-23(27-20)17-8-4-15(25)11-19(17)26/h2-11,21,23,28-29H,12H2,1H3/t21-,23+/m0/s1. The minimum Gasteiger partial charge on any atom is -0.508 e. The van der Waals surface area contributed by atoms with Crippen LogP contribution in [0.2, 0.25) is 15.1 Å². The maximum atomic E-state index is 10.5. The summed E-state index contributed by atoms with van der Waals surface area (Å²) in [7, 11) is 1.63. The van der Waals surface area contributed by atoms with Crippen molar-refractivity contribution in [2.75, 3.05) is 7.11 Å². The van der Waals surface area contributed by atoms with E-state index in [4.69, 9.17) is 44.5 Å². The molecule has 0 saturated carbocycles. The molecule has 0 radical (unpaired) electrons. The molecule has 154 valence electrons. The maximum absolute atomic E-state index is 10.5. The highest BCUT2D eigenvalue weighted by atomic mass is 35.5. The number of phenolic OH excluding ortho intramolecular Hbond substituents is 1. The van der Waals surface area contributed by atoms with Gasteiger partial charge in [0.2, 0.25) is 0 Å². The number of nitrogens with zero attached hydrogens (tertiary/aromatic N) is 1. The van der Waals surface area contributed by atoms with Gasteiger partial charge in [0.25, 0.3) is 0 Å². The van der Waals surface area contributed by atoms with Gasteiger partial charge in [-0.25, -0.2) is 0 Å². The molecule has 0 bridgehead atoms. The molecule has 0 amide bonds. The normalized spacial score (nSPS) is 18.7. The van der Waals surface area contributed by atoms with Crippen molar-refractivity contribution in [3.05, 3.63) is 92.4 Å². The summed E-state index contributed by atoms with van der Waals surface area (Å²) in [6.07, 6.45) is 0.158. The molecule has 7 heteroatoms. The summed E-state index contributed by atoms with van der Waals surface area (Å²) in [5, 5.41) is 15.6. The van der Waals surface area contributed by atoms with Gasteiger partial charge in [0, 0.05) is 44.4 Å². The zero-order valence-electron chi connectivity index (χ0n) is 16.1. The van der Waals surface area contributed by atoms with Crippen molar-refractivity contribution in [1.82, 2.24) is 5.32 Å². The van der Waals surface area contributed by atoms with Gasteiger partial charge in [-0.15, -0.1) is 0 Å². The van der Waals surface area contributed by atoms with E-state index in [0.29, 0.717) is 27.1 Å². The second kappa shape index (κ2) is 8.86. The molecule has 0 saturated heterocycles. The van der Waals surface area contributed by atoms with Crippen molar-refractivity contribution >= 4 is 40.5 Å². The van der Waals surface area contributed by atoms with Crippen LogP contribution in [-0.2, 0) is 0 Å². The highest BCUT2D eigenvalue weighted by Crippen LogP contribution is 2.37. The predicted molar refractivity (Wildman–Crippen MR) is 122 cm³/mol. The molecule has 3 aromatic rings. The molecule has 0 spiro atoms. The minimum absolute atomic E-state index is 0.175. The summed E-state index contributed by atoms with van der Waals surface area (Å²) >= 11 is 18.7. The molecule has 2 N–H and O–H groups in total. The number of halogens is 3. The van der Waals surface area contributed by atoms with E-state index in [1.807, 2.05) is 30.3 Å². The van der Waals surface area contributed by atoms with E-state index in [-0.39, 0.29) is 11.8 Å². The van der Waals surface area contributed by atoms with E-state index < -0.39 is 6.17 Å². The molecule has 0 fully saturated rings. The lowest BCUT2D eigenvalue weighted by Gasteiger charge is -2.31. The van der Waals surface area contributed by atoms with Gasteiger partial charge in [0.05, 0.1) is 7.11 Å². The van der Waals surface area contributed by atoms with Crippen LogP contribution in [0.3, 0.4) is 0 Å². The van der Waals surface area contributed by atoms with Gasteiger partial charge in [0.1, 0.15) is 17.7 Å². The lowest BCUT2D eigenvalue weighted by atomic mass is 9.93. The molecular weight excluding hydrogens is 443 g/mol. The molecule has 4 nitrogen and oxygen atoms in total. The quantitative estimate of drug-likeness (QED) is 0.461. The molecule has 2 atom stereocenters. The van der Waals surface area contributed by atoms with Gasteiger partial charge in [-0.3, -0.25) is 10.3 Å². The molecule has 4 rings (SSSR count). The van der Waals surface area contributed by atoms with Crippen LogP contribution in [0.25, 0.3) is 0 Å². The fourth-order valence-corrected chi connectivity index (χ4v) is 4.24. The van der Waals surface area contributed by atoms with Crippen LogP contribution in [0.15, 0.2) is 65.7 Å². The van der Waals surface area contributed by atoms with Crippen molar-refractivity contribution in [2.45, 2.75) is 18.6 Å². The Bertz CT molecular complexity index is 1100. The van der Waals surface area contributed by atoms with Crippen molar-refractivity contribution in [3.8, 4) is 11.5 Å². The van der Waals surface area contributed by atoms with E-state index in [2.05, 4.69) is 5.32 Å². The van der Waals surface area contributed by atoms with Gasteiger partial charge in [-0.05, 0) is 60.2 Å². The van der Waals surface area contributed by atoms with Gasteiger partial charge < -0.3 is 9.84 Å². The number of methoxy groups -OCH3 is 1. The number of hydrogen-bond acceptors (Lipinski definition) is 4. The first-order valence-electron chi connectivity index (χ1n) is 9.35. The molecular formula is C23H19Cl3N2O2. The van der Waals surface area contributed by atoms with Crippen LogP contribution in [0, 0.1) is 0 Å². The van der Waals surface area contributed by atoms with E-state index in [9.17, 15) is 5.11 Å². The van der Waals surface area contributed by atoms with Crippen LogP contribution in [0.5, 0.6) is 11.5 Å². The van der Waals surface area contributed by atoms with Gasteiger partial charge >= 0.3 is 0 Å². The predicted octanol–water partition coefficient (Wildman–Crippen LogP) is 6.58. The smallest absolute Gasteiger partial charge is 0.127 e. The van der Waals surface area contributed by atoms with E-state index >= 15 is 0 Å². The van der Waals surface area contributed by atoms with Crippen molar-refractivity contribution < 1.29 is 9.84 Å². The number of rotatable bonds is 4. The highest BCUT2D eigenvalue weighted by molar-refractivity contribution is 6.35. The number of nitrogens with one attached hydrogen (secondary N) is 1. The summed E-state index contributed by atoms with van der Waals surface area (Å²) in [5.74, 6) is 0.948. The fraction of sp³-hybridized carbons (Fsp3) is 0.174. The number of aromatic hydroxyl groups is 1. The van der Waals surface area contributed by atoms with Crippen LogP contribution >= 0.6 is 34.8 Å². The molecule has 1 heterocycles. The lowest BCUT2D eigenvalue weighted by molar-refractivity contribution is 0.412. The summed E-state index contributed by atoms with van der Waals surface area (Å²) in [5.41, 5.74) is 3.37. The number of hydrogen-bond donors (Lipinski definition) is 2. The summed E-state index contributed by atoms with van der Waals surface area (Å²) < 4.78 is 5.26. The third kappa shape index (κ3) is 4.42. The number of phenols is 1. The summed E-state index contributed by atoms with van der Waals surface area (Å²) in [6, 6.07) is 17.9. The molecule has 1 aliphatic rings. The Morgan fingerprint density at radius 3 is 2.33 bits per heavy atom. The zero-order valence-corrected chi connectivity index (χ0v) is 18.3. The Morgan fingerprint density at radius 2 is 1.63 bits per heavy atom. The summed E-state index contributed by atoms with van der Waals surface area (Å²) in [4.78, 5) is 4.92. The Morgan fingerprint density at radius 1 is 0.933 bits per heavy atom. The van der Waals surface area contributed by atoms with Gasteiger partial charge in [0.15, 0.2) is 0 Å². The number of aliphatic imine (C=N–C) groups is 1. The van der Waals surface area contributed by atoms with Crippen LogP contribution < -0.4 is 10.1 Å². The first-order chi connectivity index (χ1) is 14.4. The van der Waals surface area contributed by atoms with Crippen molar-refractivity contribution in [1.29, 1.82) is 0 Å². The van der Waals surface area contributed by atoms with Crippen LogP contribution in [-0.4, -0.2) is 17.9 Å². The first kappa shape index (κ1) is 21.0. The lowest BCUT2D eigenvalue weighted by Crippen LogP contribution is -2.33. The van der Waals surface area contributed by atoms with Crippen molar-refractivity contribution in [3.63, 3.8) is 0 Å². The minimum atomic E-state index is -0.413. The molecule has 1 aliphatic heterocycles. The monoisotopic (exact) mass is 460 g/mol. The zero-order chi connectivity index (χ0) is 21.3. The number of ether oxygens (including phenoxy) is 1. The van der Waals surface area contributed by atoms with Crippen LogP contribution in [0.1, 0.15) is 35.3 Å². The topological polar surface area (TPSA) is 53.8 Å². The molecule has 0 aliphatic carbocycles. The number of benzene rings is 3. The second-order valence-electron chi connectivity index (χ2n) is 7.00. The molecule has 0 aromatic heterocycles. The molecule has 3 aromatic carbocycles. The third-order valence-corrected chi connectivity index (χ3v) is 5.88. The molecule has 0 unspecified atom stereocenters. The van der Waals surface area contributed by atoms with E-state index in [1.165, 1.54) is 0 Å². The third-order valence-electron chi connectivity index (χ3n) is 5.09. The Balaban J connectivity index is 1.78. The van der Waals surface area contributed by atoms with Gasteiger partial charge in [-0.1, -0.05) is 40.9 Å². The second-order valence-corrected chi connectivity index (χ2v) is 8.28. The highest BCUT2D eigenvalue weighted by Gasteiger charge is 2.29. The largest absolute Gasteiger partial charge is 0.508 e. The van der Waals surface area contributed by atoms with E-state index in [1.54, 1.807) is 37.4 Å². The van der Waals surface area contributed by atoms with Gasteiger partial charge in [-0.2, -0.15) is 0 Å². The molecule has 30 heavy (non-hydrogen) atoms. The van der Waals surface area contributed by atoms with E-state index in [0.717, 1.165) is 22.6 Å². The Hall–Kier alpha value is -2.24. The Kier molecular flexibility index (Phi) is 6.21. The maximum Gasteiger partial charge on any atom is 0.127 e. The average Bonchev–Trinajstić information content (AvgIpc) is 2.75. The van der Waals surface area contributed by atoms with Crippen LogP contribution in [0.4, 0.5) is 0 Å².